The van der Waals surface area contributed by atoms with Crippen LogP contribution in [0.1, 0.15) is 90.4 Å². The first-order valence-corrected chi connectivity index (χ1v) is 9.24. The molecule has 0 bridgehead atoms. The molecule has 3 nitrogen and oxygen atoms in total. The fourth-order valence-corrected chi connectivity index (χ4v) is 2.49. The third-order valence-corrected chi connectivity index (χ3v) is 4.02. The van der Waals surface area contributed by atoms with Crippen molar-refractivity contribution in [1.82, 2.24) is 0 Å². The first-order chi connectivity index (χ1) is 10.7. The van der Waals surface area contributed by atoms with Gasteiger partial charge in [0.1, 0.15) is 0 Å². The number of thiol groups is 1. The van der Waals surface area contributed by atoms with Crippen molar-refractivity contribution in [2.24, 2.45) is 0 Å². The molecule has 0 aromatic rings. The summed E-state index contributed by atoms with van der Waals surface area (Å²) in [6, 6.07) is 0. The van der Waals surface area contributed by atoms with Gasteiger partial charge in [-0.05, 0) is 32.1 Å². The van der Waals surface area contributed by atoms with Crippen LogP contribution in [-0.4, -0.2) is 17.2 Å². The molecule has 0 aromatic carbocycles. The number of allylic oxidation sites excluding steroid dienone is 1. The first-order valence-electron chi connectivity index (χ1n) is 8.88. The van der Waals surface area contributed by atoms with Gasteiger partial charge < -0.3 is 9.29 Å². The van der Waals surface area contributed by atoms with Gasteiger partial charge in [0, 0.05) is 19.3 Å². The van der Waals surface area contributed by atoms with E-state index < -0.39 is 0 Å². The second-order valence-electron chi connectivity index (χ2n) is 5.98. The van der Waals surface area contributed by atoms with Gasteiger partial charge in [0.2, 0.25) is 0 Å². The average Bonchev–Trinajstić information content (AvgIpc) is 2.53. The number of carbonyl (C=O) groups is 1. The molecular formula is C18H34O3S. The lowest BCUT2D eigenvalue weighted by Gasteiger charge is -2.07. The Hall–Kier alpha value is -0.480. The summed E-state index contributed by atoms with van der Waals surface area (Å²) in [5.41, 5.74) is 0. The fourth-order valence-electron chi connectivity index (χ4n) is 2.40. The molecule has 0 spiro atoms. The van der Waals surface area contributed by atoms with E-state index >= 15 is 0 Å². The number of unbranched alkanes of at least 4 members (excludes halogenated alkanes) is 8. The molecule has 0 unspecified atom stereocenters. The van der Waals surface area contributed by atoms with Crippen LogP contribution in [0, 0.1) is 0 Å². The average molecular weight is 331 g/mol. The molecule has 1 N–H and O–H groups in total. The maximum Gasteiger partial charge on any atom is 0.317 e. The molecule has 0 aliphatic carbocycles. The third-order valence-electron chi connectivity index (χ3n) is 3.82. The third kappa shape index (κ3) is 15.9. The van der Waals surface area contributed by atoms with Crippen molar-refractivity contribution in [3.05, 3.63) is 12.2 Å². The highest BCUT2D eigenvalue weighted by Crippen LogP contribution is 2.10. The van der Waals surface area contributed by atoms with Gasteiger partial charge in [0.05, 0.1) is 6.10 Å². The summed E-state index contributed by atoms with van der Waals surface area (Å²) in [7, 11) is 0. The Morgan fingerprint density at radius 3 is 2.45 bits per heavy atom. The summed E-state index contributed by atoms with van der Waals surface area (Å²) >= 11 is 3.47. The van der Waals surface area contributed by atoms with E-state index in [1.165, 1.54) is 32.1 Å². The van der Waals surface area contributed by atoms with Crippen LogP contribution in [-0.2, 0) is 8.98 Å². The van der Waals surface area contributed by atoms with Crippen LogP contribution in [0.5, 0.6) is 0 Å². The van der Waals surface area contributed by atoms with Crippen molar-refractivity contribution in [2.45, 2.75) is 96.5 Å². The lowest BCUT2D eigenvalue weighted by molar-refractivity contribution is -0.132. The minimum atomic E-state index is -0.237. The zero-order chi connectivity index (χ0) is 16.5. The van der Waals surface area contributed by atoms with Gasteiger partial charge >= 0.3 is 5.97 Å². The maximum atomic E-state index is 10.8. The maximum absolute atomic E-state index is 10.8. The molecule has 0 radical (unpaired) electrons. The van der Waals surface area contributed by atoms with E-state index in [1.807, 2.05) is 0 Å². The van der Waals surface area contributed by atoms with Crippen LogP contribution in [0.15, 0.2) is 12.2 Å². The smallest absolute Gasteiger partial charge is 0.317 e. The normalized spacial score (nSPS) is 12.7. The van der Waals surface area contributed by atoms with Gasteiger partial charge in [-0.25, -0.2) is 0 Å². The predicted octanol–water partition coefficient (Wildman–Crippen LogP) is 5.38. The van der Waals surface area contributed by atoms with Crippen molar-refractivity contribution in [3.63, 3.8) is 0 Å². The van der Waals surface area contributed by atoms with E-state index in [0.29, 0.717) is 6.42 Å². The lowest BCUT2D eigenvalue weighted by atomic mass is 10.1. The molecule has 0 aliphatic rings. The fraction of sp³-hybridized carbons (Fsp3) is 0.833. The van der Waals surface area contributed by atoms with Crippen LogP contribution in [0.25, 0.3) is 0 Å². The zero-order valence-corrected chi connectivity index (χ0v) is 15.0. The van der Waals surface area contributed by atoms with E-state index in [1.54, 1.807) is 0 Å². The highest BCUT2D eigenvalue weighted by atomic mass is 32.1. The first kappa shape index (κ1) is 21.5. The molecule has 0 aromatic heterocycles. The SMILES string of the molecule is CCCCCC[C@@H](O)C/C=C\CCCCCCCC(=O)OS. The lowest BCUT2D eigenvalue weighted by Crippen LogP contribution is -2.04. The van der Waals surface area contributed by atoms with Crippen molar-refractivity contribution in [2.75, 3.05) is 0 Å². The molecule has 0 amide bonds. The Kier molecular flexibility index (Phi) is 16.5. The monoisotopic (exact) mass is 330 g/mol. The minimum absolute atomic E-state index is 0.167. The number of hydrogen-bond acceptors (Lipinski definition) is 4. The molecule has 0 fully saturated rings. The van der Waals surface area contributed by atoms with Gasteiger partial charge in [-0.3, -0.25) is 4.79 Å². The number of aliphatic hydroxyl groups excluding tert-OH is 1. The summed E-state index contributed by atoms with van der Waals surface area (Å²) < 4.78 is 4.30. The standard InChI is InChI=1S/C18H34O3S/c1-2-3-4-11-14-17(19)15-12-9-7-5-6-8-10-13-16-18(20)21-22/h9,12,17,19,22H,2-8,10-11,13-16H2,1H3/b12-9-/t17-/m1/s1. The highest BCUT2D eigenvalue weighted by Gasteiger charge is 2.01. The predicted molar refractivity (Wildman–Crippen MR) is 95.9 cm³/mol. The van der Waals surface area contributed by atoms with Gasteiger partial charge in [0.25, 0.3) is 0 Å². The highest BCUT2D eigenvalue weighted by molar-refractivity contribution is 7.75. The molecule has 0 saturated heterocycles. The molecule has 0 heterocycles. The Labute approximate surface area is 142 Å². The Morgan fingerprint density at radius 2 is 1.73 bits per heavy atom. The van der Waals surface area contributed by atoms with Crippen molar-refractivity contribution in [1.29, 1.82) is 0 Å². The van der Waals surface area contributed by atoms with Crippen LogP contribution >= 0.6 is 12.9 Å². The topological polar surface area (TPSA) is 46.5 Å². The molecule has 0 rings (SSSR count). The van der Waals surface area contributed by atoms with E-state index in [2.05, 4.69) is 36.2 Å². The Morgan fingerprint density at radius 1 is 1.05 bits per heavy atom. The van der Waals surface area contributed by atoms with Crippen molar-refractivity contribution in [3.8, 4) is 0 Å². The van der Waals surface area contributed by atoms with Crippen molar-refractivity contribution >= 4 is 18.9 Å². The van der Waals surface area contributed by atoms with Crippen LogP contribution in [0.4, 0.5) is 0 Å². The van der Waals surface area contributed by atoms with Crippen molar-refractivity contribution < 1.29 is 14.1 Å². The minimum Gasteiger partial charge on any atom is -0.395 e. The number of aliphatic hydroxyl groups is 1. The quantitative estimate of drug-likeness (QED) is 0.183. The van der Waals surface area contributed by atoms with Gasteiger partial charge in [-0.1, -0.05) is 64.0 Å². The van der Waals surface area contributed by atoms with Crippen LogP contribution in [0.3, 0.4) is 0 Å². The molecule has 4 heteroatoms. The van der Waals surface area contributed by atoms with Gasteiger partial charge in [0.15, 0.2) is 0 Å². The molecule has 1 atom stereocenters. The summed E-state index contributed by atoms with van der Waals surface area (Å²) in [5.74, 6) is -0.237. The van der Waals surface area contributed by atoms with E-state index in [0.717, 1.165) is 44.9 Å². The van der Waals surface area contributed by atoms with E-state index in [4.69, 9.17) is 0 Å². The van der Waals surface area contributed by atoms with Gasteiger partial charge in [-0.2, -0.15) is 0 Å². The van der Waals surface area contributed by atoms with E-state index in [-0.39, 0.29) is 12.1 Å². The second-order valence-corrected chi connectivity index (χ2v) is 6.16. The zero-order valence-electron chi connectivity index (χ0n) is 14.1. The Balaban J connectivity index is 3.28. The number of rotatable bonds is 15. The van der Waals surface area contributed by atoms with Crippen LogP contribution in [0.2, 0.25) is 0 Å². The van der Waals surface area contributed by atoms with Crippen LogP contribution < -0.4 is 0 Å². The summed E-state index contributed by atoms with van der Waals surface area (Å²) in [6.07, 6.45) is 17.8. The number of carbonyl (C=O) groups excluding carboxylic acids is 1. The summed E-state index contributed by atoms with van der Waals surface area (Å²) in [5, 5.41) is 9.82. The second kappa shape index (κ2) is 16.9. The van der Waals surface area contributed by atoms with Gasteiger partial charge in [-0.15, -0.1) is 0 Å². The largest absolute Gasteiger partial charge is 0.395 e. The molecule has 0 saturated carbocycles. The molecule has 22 heavy (non-hydrogen) atoms. The molecular weight excluding hydrogens is 296 g/mol. The van der Waals surface area contributed by atoms with E-state index in [9.17, 15) is 9.90 Å². The Bertz CT molecular complexity index is 280. The molecule has 130 valence electrons. The summed E-state index contributed by atoms with van der Waals surface area (Å²) in [6.45, 7) is 2.20. The number of hydrogen-bond donors (Lipinski definition) is 2. The summed E-state index contributed by atoms with van der Waals surface area (Å²) in [4.78, 5) is 10.8. The molecule has 0 aliphatic heterocycles.